The molecule has 1 aromatic rings. The Hall–Kier alpha value is -1.92. The normalized spacial score (nSPS) is 30.6. The zero-order chi connectivity index (χ0) is 18.5. The van der Waals surface area contributed by atoms with E-state index in [-0.39, 0.29) is 27.5 Å². The zero-order valence-electron chi connectivity index (χ0n) is 16.0. The lowest BCUT2D eigenvalue weighted by Crippen LogP contribution is -2.35. The third kappa shape index (κ3) is 3.12. The van der Waals surface area contributed by atoms with Gasteiger partial charge in [0.25, 0.3) is 0 Å². The van der Waals surface area contributed by atoms with E-state index in [1.165, 1.54) is 19.2 Å². The molecule has 0 amide bonds. The average Bonchev–Trinajstić information content (AvgIpc) is 3.11. The summed E-state index contributed by atoms with van der Waals surface area (Å²) in [5.41, 5.74) is 0.511. The van der Waals surface area contributed by atoms with Crippen LogP contribution in [0.25, 0.3) is 0 Å². The minimum Gasteiger partial charge on any atom is -0.361 e. The van der Waals surface area contributed by atoms with Gasteiger partial charge in [0, 0.05) is 18.6 Å². The van der Waals surface area contributed by atoms with Gasteiger partial charge < -0.3 is 10.2 Å². The van der Waals surface area contributed by atoms with Crippen LogP contribution in [0.2, 0.25) is 0 Å². The highest BCUT2D eigenvalue weighted by molar-refractivity contribution is 5.71. The minimum absolute atomic E-state index is 0.0494. The molecular weight excluding hydrogens is 330 g/mol. The molecular formula is C19H29N5O2. The summed E-state index contributed by atoms with van der Waals surface area (Å²) >= 11 is 0. The molecule has 0 spiro atoms. The molecule has 2 unspecified atom stereocenters. The molecule has 7 heteroatoms. The number of nitrogens with one attached hydrogen (secondary N) is 1. The fraction of sp³-hybridized carbons (Fsp3) is 0.789. The first kappa shape index (κ1) is 17.5. The van der Waals surface area contributed by atoms with Gasteiger partial charge in [-0.05, 0) is 42.9 Å². The summed E-state index contributed by atoms with van der Waals surface area (Å²) in [7, 11) is 0. The molecule has 142 valence electrons. The maximum Gasteiger partial charge on any atom is 0.353 e. The molecule has 0 aromatic carbocycles. The smallest absolute Gasteiger partial charge is 0.353 e. The Kier molecular flexibility index (Phi) is 4.08. The first-order valence-corrected chi connectivity index (χ1v) is 9.79. The summed E-state index contributed by atoms with van der Waals surface area (Å²) in [5, 5.41) is 15.3. The summed E-state index contributed by atoms with van der Waals surface area (Å²) < 4.78 is 0. The van der Waals surface area contributed by atoms with Gasteiger partial charge in [0.2, 0.25) is 11.6 Å². The van der Waals surface area contributed by atoms with Crippen LogP contribution in [0.4, 0.5) is 17.3 Å². The molecule has 2 bridgehead atoms. The number of nitrogens with zero attached hydrogens (tertiary/aromatic N) is 4. The Labute approximate surface area is 154 Å². The van der Waals surface area contributed by atoms with E-state index in [2.05, 4.69) is 41.0 Å². The summed E-state index contributed by atoms with van der Waals surface area (Å²) in [6.07, 6.45) is 9.22. The van der Waals surface area contributed by atoms with Crippen molar-refractivity contribution in [2.24, 2.45) is 10.8 Å². The number of rotatable bonds is 4. The predicted molar refractivity (Wildman–Crippen MR) is 101 cm³/mol. The molecule has 1 saturated heterocycles. The lowest BCUT2D eigenvalue weighted by Gasteiger charge is -2.39. The monoisotopic (exact) mass is 359 g/mol. The van der Waals surface area contributed by atoms with Crippen LogP contribution >= 0.6 is 0 Å². The number of aromatic nitrogens is 2. The van der Waals surface area contributed by atoms with Gasteiger partial charge in [-0.3, -0.25) is 10.1 Å². The van der Waals surface area contributed by atoms with E-state index in [9.17, 15) is 10.1 Å². The Morgan fingerprint density at radius 1 is 1.23 bits per heavy atom. The molecule has 0 radical (unpaired) electrons. The number of nitro groups is 1. The molecule has 2 atom stereocenters. The van der Waals surface area contributed by atoms with E-state index >= 15 is 0 Å². The van der Waals surface area contributed by atoms with Gasteiger partial charge in [0.05, 0.1) is 4.92 Å². The highest BCUT2D eigenvalue weighted by Gasteiger charge is 2.51. The maximum atomic E-state index is 11.9. The Balaban J connectivity index is 1.69. The van der Waals surface area contributed by atoms with Gasteiger partial charge in [-0.15, -0.1) is 0 Å². The molecule has 1 N–H and O–H groups in total. The largest absolute Gasteiger partial charge is 0.361 e. The molecule has 2 heterocycles. The summed E-state index contributed by atoms with van der Waals surface area (Å²) in [6, 6.07) is 0.599. The van der Waals surface area contributed by atoms with Gasteiger partial charge in [-0.1, -0.05) is 33.6 Å². The highest BCUT2D eigenvalue weighted by atomic mass is 16.6. The van der Waals surface area contributed by atoms with Gasteiger partial charge in [0.1, 0.15) is 6.33 Å². The van der Waals surface area contributed by atoms with E-state index in [1.807, 2.05) is 0 Å². The van der Waals surface area contributed by atoms with Crippen molar-refractivity contribution in [1.29, 1.82) is 0 Å². The second-order valence-electron chi connectivity index (χ2n) is 9.62. The zero-order valence-corrected chi connectivity index (χ0v) is 16.0. The van der Waals surface area contributed by atoms with Crippen LogP contribution in [0.15, 0.2) is 6.33 Å². The quantitative estimate of drug-likeness (QED) is 0.642. The second-order valence-corrected chi connectivity index (χ2v) is 9.62. The van der Waals surface area contributed by atoms with Crippen LogP contribution in [0.1, 0.15) is 65.7 Å². The van der Waals surface area contributed by atoms with E-state index in [0.717, 1.165) is 38.6 Å². The van der Waals surface area contributed by atoms with Gasteiger partial charge in [0.15, 0.2) is 0 Å². The molecule has 26 heavy (non-hydrogen) atoms. The van der Waals surface area contributed by atoms with Crippen molar-refractivity contribution in [1.82, 2.24) is 9.97 Å². The van der Waals surface area contributed by atoms with E-state index < -0.39 is 0 Å². The van der Waals surface area contributed by atoms with E-state index in [1.54, 1.807) is 0 Å². The predicted octanol–water partition coefficient (Wildman–Crippen LogP) is 4.14. The standard InChI is InChI=1S/C19H29N5O2/c1-18(2)8-14-9-19(3,10-18)11-23(14)17-15(24(25)26)16(20-12-21-17)22-13-6-4-5-7-13/h12-14H,4-11H2,1-3H3,(H,20,21,22). The Bertz CT molecular complexity index is 716. The molecule has 2 saturated carbocycles. The molecule has 2 aliphatic carbocycles. The van der Waals surface area contributed by atoms with Crippen molar-refractivity contribution in [2.75, 3.05) is 16.8 Å². The third-order valence-electron chi connectivity index (χ3n) is 6.37. The summed E-state index contributed by atoms with van der Waals surface area (Å²) in [6.45, 7) is 7.76. The molecule has 1 aliphatic heterocycles. The van der Waals surface area contributed by atoms with Gasteiger partial charge >= 0.3 is 5.69 Å². The number of anilines is 2. The van der Waals surface area contributed by atoms with Crippen molar-refractivity contribution in [2.45, 2.75) is 77.8 Å². The number of hydrogen-bond donors (Lipinski definition) is 1. The molecule has 7 nitrogen and oxygen atoms in total. The second kappa shape index (κ2) is 6.06. The number of fused-ring (bicyclic) bond motifs is 2. The van der Waals surface area contributed by atoms with Crippen molar-refractivity contribution < 1.29 is 4.92 Å². The average molecular weight is 359 g/mol. The van der Waals surface area contributed by atoms with Crippen molar-refractivity contribution in [3.8, 4) is 0 Å². The van der Waals surface area contributed by atoms with Crippen LogP contribution in [0.3, 0.4) is 0 Å². The lowest BCUT2D eigenvalue weighted by molar-refractivity contribution is -0.383. The maximum absolute atomic E-state index is 11.9. The first-order valence-electron chi connectivity index (χ1n) is 9.79. The minimum atomic E-state index is -0.303. The highest BCUT2D eigenvalue weighted by Crippen LogP contribution is 2.54. The van der Waals surface area contributed by atoms with Crippen LogP contribution in [-0.2, 0) is 0 Å². The van der Waals surface area contributed by atoms with Crippen molar-refractivity contribution in [3.05, 3.63) is 16.4 Å². The number of hydrogen-bond acceptors (Lipinski definition) is 6. The summed E-state index contributed by atoms with van der Waals surface area (Å²) in [4.78, 5) is 22.4. The first-order chi connectivity index (χ1) is 12.3. The van der Waals surface area contributed by atoms with E-state index in [4.69, 9.17) is 0 Å². The van der Waals surface area contributed by atoms with Crippen molar-refractivity contribution >= 4 is 17.3 Å². The Morgan fingerprint density at radius 3 is 2.65 bits per heavy atom. The summed E-state index contributed by atoms with van der Waals surface area (Å²) in [5.74, 6) is 0.884. The van der Waals surface area contributed by atoms with Crippen molar-refractivity contribution in [3.63, 3.8) is 0 Å². The Morgan fingerprint density at radius 2 is 1.96 bits per heavy atom. The fourth-order valence-electron chi connectivity index (χ4n) is 5.82. The van der Waals surface area contributed by atoms with Gasteiger partial charge in [-0.2, -0.15) is 0 Å². The fourth-order valence-corrected chi connectivity index (χ4v) is 5.82. The SMILES string of the molecule is CC1(C)CC2CC(C)(CN2c2ncnc(NC3CCCC3)c2[N+](=O)[O-])C1. The van der Waals surface area contributed by atoms with Crippen LogP contribution in [0, 0.1) is 20.9 Å². The third-order valence-corrected chi connectivity index (χ3v) is 6.37. The van der Waals surface area contributed by atoms with Gasteiger partial charge in [-0.25, -0.2) is 9.97 Å². The molecule has 3 fully saturated rings. The lowest BCUT2D eigenvalue weighted by atomic mass is 9.65. The van der Waals surface area contributed by atoms with Crippen LogP contribution in [0.5, 0.6) is 0 Å². The molecule has 1 aromatic heterocycles. The van der Waals surface area contributed by atoms with Crippen LogP contribution < -0.4 is 10.2 Å². The molecule has 3 aliphatic rings. The van der Waals surface area contributed by atoms with Crippen LogP contribution in [-0.4, -0.2) is 33.5 Å². The topological polar surface area (TPSA) is 84.2 Å². The van der Waals surface area contributed by atoms with E-state index in [0.29, 0.717) is 17.7 Å². The molecule has 4 rings (SSSR count).